The van der Waals surface area contributed by atoms with Crippen molar-refractivity contribution in [2.24, 2.45) is 23.7 Å². The minimum absolute atomic E-state index is 0.156. The second-order valence-corrected chi connectivity index (χ2v) is 11.5. The average molecular weight is 460 g/mol. The molecule has 0 saturated heterocycles. The maximum absolute atomic E-state index is 13.1. The number of aromatic nitrogens is 1. The molecule has 1 aromatic heterocycles. The van der Waals surface area contributed by atoms with Crippen molar-refractivity contribution in [3.05, 3.63) is 65.5 Å². The first-order valence-electron chi connectivity index (χ1n) is 13.0. The zero-order chi connectivity index (χ0) is 23.7. The first-order chi connectivity index (χ1) is 16.4. The van der Waals surface area contributed by atoms with Crippen LogP contribution in [0.25, 0.3) is 0 Å². The largest absolute Gasteiger partial charge is 0.350 e. The highest BCUT2D eigenvalue weighted by molar-refractivity contribution is 5.97. The number of pyridine rings is 1. The van der Waals surface area contributed by atoms with Crippen molar-refractivity contribution >= 4 is 11.8 Å². The Morgan fingerprint density at radius 2 is 1.65 bits per heavy atom. The zero-order valence-electron chi connectivity index (χ0n) is 20.4. The van der Waals surface area contributed by atoms with E-state index in [1.807, 2.05) is 24.3 Å². The van der Waals surface area contributed by atoms with Crippen molar-refractivity contribution < 1.29 is 9.59 Å². The summed E-state index contributed by atoms with van der Waals surface area (Å²) >= 11 is 0. The van der Waals surface area contributed by atoms with Gasteiger partial charge in [-0.15, -0.1) is 0 Å². The number of carbonyl (C=O) groups excluding carboxylic acids is 2. The molecule has 5 heteroatoms. The summed E-state index contributed by atoms with van der Waals surface area (Å²) in [6.07, 6.45) is 12.3. The smallest absolute Gasteiger partial charge is 0.251 e. The van der Waals surface area contributed by atoms with Gasteiger partial charge in [0.25, 0.3) is 5.91 Å². The molecule has 4 aliphatic carbocycles. The Kier molecular flexibility index (Phi) is 6.46. The van der Waals surface area contributed by atoms with Crippen LogP contribution in [0.3, 0.4) is 0 Å². The van der Waals surface area contributed by atoms with Gasteiger partial charge in [0.15, 0.2) is 0 Å². The van der Waals surface area contributed by atoms with Crippen molar-refractivity contribution in [1.29, 1.82) is 0 Å². The SMILES string of the molecule is CC(C)CC(NC(=O)c1ccc(C23CC4CC(CC(C4)C2)C3)cc1)C(=O)NCc1cccnc1. The fourth-order valence-corrected chi connectivity index (χ4v) is 7.20. The van der Waals surface area contributed by atoms with E-state index in [1.165, 1.54) is 44.1 Å². The van der Waals surface area contributed by atoms with E-state index in [-0.39, 0.29) is 17.7 Å². The lowest BCUT2D eigenvalue weighted by molar-refractivity contribution is -0.123. The molecule has 2 aromatic rings. The third kappa shape index (κ3) is 4.89. The molecule has 0 radical (unpaired) electrons. The van der Waals surface area contributed by atoms with Crippen molar-refractivity contribution in [3.8, 4) is 0 Å². The molecule has 6 rings (SSSR count). The van der Waals surface area contributed by atoms with Gasteiger partial charge in [-0.25, -0.2) is 0 Å². The van der Waals surface area contributed by atoms with Gasteiger partial charge >= 0.3 is 0 Å². The highest BCUT2D eigenvalue weighted by Gasteiger charge is 2.51. The molecule has 4 aliphatic rings. The summed E-state index contributed by atoms with van der Waals surface area (Å²) in [5.74, 6) is 2.65. The standard InChI is InChI=1S/C29H37N3O2/c1-19(2)10-26(28(34)31-18-20-4-3-9-30-17-20)32-27(33)24-5-7-25(8-6-24)29-14-21-11-22(15-29)13-23(12-21)16-29/h3-9,17,19,21-23,26H,10-16,18H2,1-2H3,(H,31,34)(H,32,33). The van der Waals surface area contributed by atoms with Gasteiger partial charge < -0.3 is 10.6 Å². The quantitative estimate of drug-likeness (QED) is 0.583. The lowest BCUT2D eigenvalue weighted by Crippen LogP contribution is -2.48. The summed E-state index contributed by atoms with van der Waals surface area (Å²) < 4.78 is 0. The first kappa shape index (κ1) is 23.1. The van der Waals surface area contributed by atoms with Gasteiger partial charge in [0.2, 0.25) is 5.91 Å². The van der Waals surface area contributed by atoms with E-state index in [1.54, 1.807) is 12.4 Å². The Labute approximate surface area is 203 Å². The van der Waals surface area contributed by atoms with Crippen LogP contribution in [-0.4, -0.2) is 22.8 Å². The molecule has 1 aromatic carbocycles. The van der Waals surface area contributed by atoms with Gasteiger partial charge in [0.05, 0.1) is 0 Å². The number of nitrogens with one attached hydrogen (secondary N) is 2. The highest BCUT2D eigenvalue weighted by atomic mass is 16.2. The third-order valence-electron chi connectivity index (χ3n) is 8.32. The second-order valence-electron chi connectivity index (χ2n) is 11.5. The highest BCUT2D eigenvalue weighted by Crippen LogP contribution is 2.60. The van der Waals surface area contributed by atoms with Gasteiger partial charge in [-0.05, 0) is 103 Å². The molecule has 4 saturated carbocycles. The van der Waals surface area contributed by atoms with Gasteiger partial charge in [-0.1, -0.05) is 32.0 Å². The Morgan fingerprint density at radius 3 is 2.21 bits per heavy atom. The first-order valence-corrected chi connectivity index (χ1v) is 13.0. The molecule has 1 atom stereocenters. The summed E-state index contributed by atoms with van der Waals surface area (Å²) in [6, 6.07) is 11.5. The second kappa shape index (κ2) is 9.52. The molecule has 0 aliphatic heterocycles. The van der Waals surface area contributed by atoms with E-state index in [2.05, 4.69) is 41.6 Å². The van der Waals surface area contributed by atoms with E-state index in [4.69, 9.17) is 0 Å². The maximum atomic E-state index is 13.1. The average Bonchev–Trinajstić information content (AvgIpc) is 2.82. The molecule has 5 nitrogen and oxygen atoms in total. The number of carbonyl (C=O) groups is 2. The van der Waals surface area contributed by atoms with Gasteiger partial charge in [-0.3, -0.25) is 14.6 Å². The molecular weight excluding hydrogens is 422 g/mol. The van der Waals surface area contributed by atoms with Gasteiger partial charge in [-0.2, -0.15) is 0 Å². The Bertz CT molecular complexity index is 980. The molecular formula is C29H37N3O2. The van der Waals surface area contributed by atoms with E-state index in [0.717, 1.165) is 23.3 Å². The predicted molar refractivity (Wildman–Crippen MR) is 133 cm³/mol. The minimum Gasteiger partial charge on any atom is -0.350 e. The van der Waals surface area contributed by atoms with Crippen LogP contribution in [-0.2, 0) is 16.8 Å². The molecule has 1 unspecified atom stereocenters. The molecule has 4 bridgehead atoms. The minimum atomic E-state index is -0.563. The Morgan fingerprint density at radius 1 is 1.00 bits per heavy atom. The number of hydrogen-bond acceptors (Lipinski definition) is 3. The van der Waals surface area contributed by atoms with Crippen LogP contribution >= 0.6 is 0 Å². The number of hydrogen-bond donors (Lipinski definition) is 2. The summed E-state index contributed by atoms with van der Waals surface area (Å²) in [6.45, 7) is 4.53. The van der Waals surface area contributed by atoms with Gasteiger partial charge in [0, 0.05) is 24.5 Å². The van der Waals surface area contributed by atoms with Crippen LogP contribution in [0.1, 0.15) is 80.3 Å². The fraction of sp³-hybridized carbons (Fsp3) is 0.552. The number of amides is 2. The van der Waals surface area contributed by atoms with Crippen molar-refractivity contribution in [2.45, 2.75) is 76.8 Å². The zero-order valence-corrected chi connectivity index (χ0v) is 20.4. The van der Waals surface area contributed by atoms with E-state index in [0.29, 0.717) is 23.9 Å². The lowest BCUT2D eigenvalue weighted by atomic mass is 9.48. The monoisotopic (exact) mass is 459 g/mol. The summed E-state index contributed by atoms with van der Waals surface area (Å²) in [5.41, 5.74) is 3.31. The fourth-order valence-electron chi connectivity index (χ4n) is 7.20. The Hall–Kier alpha value is -2.69. The molecule has 0 spiro atoms. The lowest BCUT2D eigenvalue weighted by Gasteiger charge is -2.57. The van der Waals surface area contributed by atoms with E-state index in [9.17, 15) is 9.59 Å². The summed E-state index contributed by atoms with van der Waals surface area (Å²) in [5, 5.41) is 5.94. The summed E-state index contributed by atoms with van der Waals surface area (Å²) in [4.78, 5) is 30.0. The number of benzene rings is 1. The van der Waals surface area contributed by atoms with Crippen LogP contribution in [0.15, 0.2) is 48.8 Å². The molecule has 1 heterocycles. The number of nitrogens with zero attached hydrogens (tertiary/aromatic N) is 1. The molecule has 4 fully saturated rings. The van der Waals surface area contributed by atoms with E-state index < -0.39 is 6.04 Å². The van der Waals surface area contributed by atoms with Crippen molar-refractivity contribution in [3.63, 3.8) is 0 Å². The normalized spacial score (nSPS) is 28.0. The maximum Gasteiger partial charge on any atom is 0.251 e. The molecule has 2 N–H and O–H groups in total. The van der Waals surface area contributed by atoms with Crippen molar-refractivity contribution in [2.75, 3.05) is 0 Å². The third-order valence-corrected chi connectivity index (χ3v) is 8.32. The summed E-state index contributed by atoms with van der Waals surface area (Å²) in [7, 11) is 0. The van der Waals surface area contributed by atoms with Crippen LogP contribution in [0, 0.1) is 23.7 Å². The predicted octanol–water partition coefficient (Wildman–Crippen LogP) is 5.01. The van der Waals surface area contributed by atoms with Crippen LogP contribution in [0.2, 0.25) is 0 Å². The topological polar surface area (TPSA) is 71.1 Å². The molecule has 180 valence electrons. The molecule has 34 heavy (non-hydrogen) atoms. The van der Waals surface area contributed by atoms with E-state index >= 15 is 0 Å². The molecule has 2 amide bonds. The van der Waals surface area contributed by atoms with Gasteiger partial charge in [0.1, 0.15) is 6.04 Å². The van der Waals surface area contributed by atoms with Crippen molar-refractivity contribution in [1.82, 2.24) is 15.6 Å². The van der Waals surface area contributed by atoms with Crippen LogP contribution < -0.4 is 10.6 Å². The number of rotatable bonds is 8. The Balaban J connectivity index is 1.24. The van der Waals surface area contributed by atoms with Crippen LogP contribution in [0.5, 0.6) is 0 Å². The van der Waals surface area contributed by atoms with Crippen LogP contribution in [0.4, 0.5) is 0 Å².